The normalized spacial score (nSPS) is 11.4. The van der Waals surface area contributed by atoms with E-state index in [0.29, 0.717) is 17.9 Å². The van der Waals surface area contributed by atoms with Crippen LogP contribution in [0.2, 0.25) is 0 Å². The van der Waals surface area contributed by atoms with Crippen LogP contribution in [0.5, 0.6) is 5.75 Å². The van der Waals surface area contributed by atoms with Gasteiger partial charge in [0, 0.05) is 25.9 Å². The van der Waals surface area contributed by atoms with Gasteiger partial charge >= 0.3 is 0 Å². The molecule has 118 valence electrons. The monoisotopic (exact) mass is 322 g/mol. The summed E-state index contributed by atoms with van der Waals surface area (Å²) in [5, 5.41) is 0. The number of nitrogens with zero attached hydrogens (tertiary/aromatic N) is 1. The van der Waals surface area contributed by atoms with Crippen molar-refractivity contribution < 1.29 is 13.2 Å². The van der Waals surface area contributed by atoms with Gasteiger partial charge in [-0.25, -0.2) is 13.1 Å². The predicted molar refractivity (Wildman–Crippen MR) is 83.3 cm³/mol. The minimum Gasteiger partial charge on any atom is -0.494 e. The summed E-state index contributed by atoms with van der Waals surface area (Å²) < 4.78 is 33.6. The Hall–Kier alpha value is -2.12. The lowest BCUT2D eigenvalue weighted by molar-refractivity contribution is 0.340. The molecule has 0 bridgehead atoms. The van der Waals surface area contributed by atoms with Crippen LogP contribution in [-0.2, 0) is 23.6 Å². The number of pyridine rings is 1. The fourth-order valence-electron chi connectivity index (χ4n) is 1.90. The summed E-state index contributed by atoms with van der Waals surface area (Å²) in [5.74, 6) is 0.625. The molecule has 2 rings (SSSR count). The number of rotatable bonds is 6. The van der Waals surface area contributed by atoms with Gasteiger partial charge in [0.25, 0.3) is 0 Å². The van der Waals surface area contributed by atoms with E-state index >= 15 is 0 Å². The molecule has 0 amide bonds. The van der Waals surface area contributed by atoms with Crippen LogP contribution in [-0.4, -0.2) is 19.6 Å². The summed E-state index contributed by atoms with van der Waals surface area (Å²) in [4.78, 5) is 11.5. The Morgan fingerprint density at radius 2 is 1.82 bits per heavy atom. The minimum absolute atomic E-state index is 0.115. The zero-order chi connectivity index (χ0) is 16.2. The van der Waals surface area contributed by atoms with E-state index in [1.807, 2.05) is 6.92 Å². The van der Waals surface area contributed by atoms with Gasteiger partial charge in [-0.2, -0.15) is 0 Å². The number of aromatic nitrogens is 1. The molecule has 0 aliphatic heterocycles. The fourth-order valence-corrected chi connectivity index (χ4v) is 2.92. The number of nitrogens with one attached hydrogen (secondary N) is 1. The Bertz CT molecular complexity index is 795. The molecule has 0 fully saturated rings. The van der Waals surface area contributed by atoms with Gasteiger partial charge in [0.1, 0.15) is 5.75 Å². The first kappa shape index (κ1) is 16.3. The molecule has 0 aliphatic carbocycles. The van der Waals surface area contributed by atoms with Gasteiger partial charge in [-0.15, -0.1) is 0 Å². The maximum Gasteiger partial charge on any atom is 0.250 e. The third-order valence-electron chi connectivity index (χ3n) is 3.06. The highest BCUT2D eigenvalue weighted by molar-refractivity contribution is 7.89. The highest BCUT2D eigenvalue weighted by Gasteiger charge is 2.13. The second kappa shape index (κ2) is 6.76. The summed E-state index contributed by atoms with van der Waals surface area (Å²) in [6.45, 7) is 2.50. The summed E-state index contributed by atoms with van der Waals surface area (Å²) in [7, 11) is -1.99. The van der Waals surface area contributed by atoms with Crippen LogP contribution in [0.3, 0.4) is 0 Å². The number of sulfonamides is 1. The van der Waals surface area contributed by atoms with Crippen LogP contribution in [0.4, 0.5) is 0 Å². The Kier molecular flexibility index (Phi) is 4.99. The number of ether oxygens (including phenoxy) is 1. The van der Waals surface area contributed by atoms with E-state index in [1.165, 1.54) is 22.8 Å². The van der Waals surface area contributed by atoms with Gasteiger partial charge in [-0.05, 0) is 36.8 Å². The number of benzene rings is 1. The second-order valence-corrected chi connectivity index (χ2v) is 6.48. The standard InChI is InChI=1S/C15H18N2O4S/c1-3-21-13-5-7-14(8-6-13)22(19,20)16-10-12-4-9-15(18)17(2)11-12/h4-9,11,16H,3,10H2,1-2H3. The van der Waals surface area contributed by atoms with E-state index in [2.05, 4.69) is 4.72 Å². The molecule has 6 nitrogen and oxygen atoms in total. The Morgan fingerprint density at radius 1 is 1.14 bits per heavy atom. The molecule has 1 heterocycles. The van der Waals surface area contributed by atoms with Crippen molar-refractivity contribution >= 4 is 10.0 Å². The van der Waals surface area contributed by atoms with Crippen molar-refractivity contribution in [2.45, 2.75) is 18.4 Å². The van der Waals surface area contributed by atoms with E-state index in [4.69, 9.17) is 4.74 Å². The van der Waals surface area contributed by atoms with Crippen LogP contribution in [0.25, 0.3) is 0 Å². The maximum absolute atomic E-state index is 12.2. The number of hydrogen-bond donors (Lipinski definition) is 1. The molecule has 0 radical (unpaired) electrons. The molecule has 0 saturated carbocycles. The van der Waals surface area contributed by atoms with Crippen molar-refractivity contribution in [3.8, 4) is 5.75 Å². The van der Waals surface area contributed by atoms with Crippen molar-refractivity contribution in [3.63, 3.8) is 0 Å². The van der Waals surface area contributed by atoms with E-state index < -0.39 is 10.0 Å². The van der Waals surface area contributed by atoms with Crippen molar-refractivity contribution in [2.75, 3.05) is 6.61 Å². The first-order valence-corrected chi connectivity index (χ1v) is 8.29. The predicted octanol–water partition coefficient (Wildman–Crippen LogP) is 1.26. The average molecular weight is 322 g/mol. The number of aryl methyl sites for hydroxylation is 1. The molecule has 0 aliphatic rings. The van der Waals surface area contributed by atoms with Crippen molar-refractivity contribution in [1.82, 2.24) is 9.29 Å². The third kappa shape index (κ3) is 3.96. The van der Waals surface area contributed by atoms with Crippen LogP contribution in [0.15, 0.2) is 52.3 Å². The molecule has 7 heteroatoms. The first-order valence-electron chi connectivity index (χ1n) is 6.80. The van der Waals surface area contributed by atoms with Gasteiger partial charge in [-0.1, -0.05) is 6.07 Å². The van der Waals surface area contributed by atoms with E-state index in [9.17, 15) is 13.2 Å². The molecule has 0 saturated heterocycles. The highest BCUT2D eigenvalue weighted by Crippen LogP contribution is 2.16. The van der Waals surface area contributed by atoms with Crippen LogP contribution in [0, 0.1) is 0 Å². The summed E-state index contributed by atoms with van der Waals surface area (Å²) >= 11 is 0. The van der Waals surface area contributed by atoms with Crippen molar-refractivity contribution in [1.29, 1.82) is 0 Å². The van der Waals surface area contributed by atoms with Gasteiger partial charge in [-0.3, -0.25) is 4.79 Å². The highest BCUT2D eigenvalue weighted by atomic mass is 32.2. The average Bonchev–Trinajstić information content (AvgIpc) is 2.49. The first-order chi connectivity index (χ1) is 10.4. The topological polar surface area (TPSA) is 77.4 Å². The van der Waals surface area contributed by atoms with Crippen molar-refractivity contribution in [3.05, 3.63) is 58.5 Å². The summed E-state index contributed by atoms with van der Waals surface area (Å²) in [5.41, 5.74) is 0.565. The van der Waals surface area contributed by atoms with Gasteiger partial charge in [0.05, 0.1) is 11.5 Å². The van der Waals surface area contributed by atoms with E-state index in [1.54, 1.807) is 31.4 Å². The minimum atomic E-state index is -3.61. The zero-order valence-corrected chi connectivity index (χ0v) is 13.3. The Labute approximate surface area is 129 Å². The van der Waals surface area contributed by atoms with E-state index in [-0.39, 0.29) is 17.0 Å². The molecule has 0 spiro atoms. The third-order valence-corrected chi connectivity index (χ3v) is 4.48. The zero-order valence-electron chi connectivity index (χ0n) is 12.4. The quantitative estimate of drug-likeness (QED) is 0.868. The van der Waals surface area contributed by atoms with Crippen LogP contribution in [0.1, 0.15) is 12.5 Å². The largest absolute Gasteiger partial charge is 0.494 e. The lowest BCUT2D eigenvalue weighted by atomic mass is 10.3. The molecule has 1 aromatic heterocycles. The molecule has 2 aromatic rings. The van der Waals surface area contributed by atoms with Gasteiger partial charge < -0.3 is 9.30 Å². The molecular weight excluding hydrogens is 304 g/mol. The second-order valence-electron chi connectivity index (χ2n) is 4.72. The van der Waals surface area contributed by atoms with E-state index in [0.717, 1.165) is 0 Å². The molecule has 0 atom stereocenters. The van der Waals surface area contributed by atoms with Crippen LogP contribution >= 0.6 is 0 Å². The molecule has 1 aromatic carbocycles. The lowest BCUT2D eigenvalue weighted by Crippen LogP contribution is -2.24. The van der Waals surface area contributed by atoms with Gasteiger partial charge in [0.2, 0.25) is 15.6 Å². The molecule has 22 heavy (non-hydrogen) atoms. The van der Waals surface area contributed by atoms with Crippen molar-refractivity contribution in [2.24, 2.45) is 7.05 Å². The Morgan fingerprint density at radius 3 is 2.41 bits per heavy atom. The molecule has 1 N–H and O–H groups in total. The molecule has 0 unspecified atom stereocenters. The maximum atomic E-state index is 12.2. The molecular formula is C15H18N2O4S. The van der Waals surface area contributed by atoms with Crippen LogP contribution < -0.4 is 15.0 Å². The smallest absolute Gasteiger partial charge is 0.250 e. The lowest BCUT2D eigenvalue weighted by Gasteiger charge is -2.09. The Balaban J connectivity index is 2.10. The fraction of sp³-hybridized carbons (Fsp3) is 0.267. The summed E-state index contributed by atoms with van der Waals surface area (Å²) in [6.07, 6.45) is 1.60. The number of hydrogen-bond acceptors (Lipinski definition) is 4. The SMILES string of the molecule is CCOc1ccc(S(=O)(=O)NCc2ccc(=O)n(C)c2)cc1. The van der Waals surface area contributed by atoms with Gasteiger partial charge in [0.15, 0.2) is 0 Å². The summed E-state index contributed by atoms with van der Waals surface area (Å²) in [6, 6.07) is 9.22.